The summed E-state index contributed by atoms with van der Waals surface area (Å²) in [5, 5.41) is 0.572. The van der Waals surface area contributed by atoms with Crippen LogP contribution in [0.15, 0.2) is 59.5 Å². The highest BCUT2D eigenvalue weighted by molar-refractivity contribution is 7.98. The Morgan fingerprint density at radius 1 is 1.15 bits per heavy atom. The van der Waals surface area contributed by atoms with Crippen LogP contribution in [0.25, 0.3) is 0 Å². The van der Waals surface area contributed by atoms with Crippen molar-refractivity contribution >= 4 is 39.3 Å². The number of nitrogens with one attached hydrogen (secondary N) is 1. The number of carbonyl (C=O) groups excluding carboxylic acids is 1. The molecule has 0 spiro atoms. The molecule has 146 valence electrons. The van der Waals surface area contributed by atoms with Crippen molar-refractivity contribution in [3.05, 3.63) is 65.2 Å². The molecule has 2 rings (SSSR count). The molecule has 1 atom stereocenters. The van der Waals surface area contributed by atoms with E-state index in [9.17, 15) is 13.2 Å². The summed E-state index contributed by atoms with van der Waals surface area (Å²) in [6.07, 6.45) is 2.32. The number of thioether (sulfide) groups is 1. The molecule has 1 unspecified atom stereocenters. The van der Waals surface area contributed by atoms with Crippen molar-refractivity contribution in [3.8, 4) is 0 Å². The molecule has 0 saturated heterocycles. The zero-order valence-electron chi connectivity index (χ0n) is 15.3. The second-order valence-corrected chi connectivity index (χ2v) is 9.16. The Labute approximate surface area is 170 Å². The van der Waals surface area contributed by atoms with Gasteiger partial charge in [-0.25, -0.2) is 8.42 Å². The van der Waals surface area contributed by atoms with Gasteiger partial charge in [0.2, 0.25) is 15.9 Å². The van der Waals surface area contributed by atoms with Gasteiger partial charge in [-0.05, 0) is 42.2 Å². The molecule has 1 amide bonds. The summed E-state index contributed by atoms with van der Waals surface area (Å²) in [7, 11) is -2.13. The van der Waals surface area contributed by atoms with Crippen LogP contribution >= 0.6 is 23.4 Å². The number of sulfonamides is 1. The molecule has 8 heteroatoms. The topological polar surface area (TPSA) is 66.5 Å². The van der Waals surface area contributed by atoms with Crippen molar-refractivity contribution < 1.29 is 13.2 Å². The van der Waals surface area contributed by atoms with Crippen LogP contribution in [0.1, 0.15) is 12.0 Å². The van der Waals surface area contributed by atoms with Gasteiger partial charge in [0.05, 0.1) is 4.90 Å². The number of nitrogens with zero attached hydrogens (tertiary/aromatic N) is 1. The molecular formula is C19H23ClN2O3S2. The van der Waals surface area contributed by atoms with Gasteiger partial charge in [0.1, 0.15) is 6.04 Å². The summed E-state index contributed by atoms with van der Waals surface area (Å²) in [4.78, 5) is 14.6. The monoisotopic (exact) mass is 426 g/mol. The predicted molar refractivity (Wildman–Crippen MR) is 111 cm³/mol. The van der Waals surface area contributed by atoms with Gasteiger partial charge in [-0.1, -0.05) is 48.0 Å². The van der Waals surface area contributed by atoms with Gasteiger partial charge in [-0.15, -0.1) is 0 Å². The third-order valence-electron chi connectivity index (χ3n) is 4.00. The average Bonchev–Trinajstić information content (AvgIpc) is 2.67. The minimum atomic E-state index is -3.78. The smallest absolute Gasteiger partial charge is 0.241 e. The molecule has 0 aliphatic carbocycles. The van der Waals surface area contributed by atoms with E-state index in [4.69, 9.17) is 11.6 Å². The number of hydrogen-bond donors (Lipinski definition) is 1. The fourth-order valence-electron chi connectivity index (χ4n) is 2.55. The Hall–Kier alpha value is -1.54. The van der Waals surface area contributed by atoms with Gasteiger partial charge in [0, 0.05) is 18.6 Å². The Bertz CT molecular complexity index is 860. The van der Waals surface area contributed by atoms with Crippen molar-refractivity contribution in [2.45, 2.75) is 23.9 Å². The maximum Gasteiger partial charge on any atom is 0.241 e. The van der Waals surface area contributed by atoms with Gasteiger partial charge in [0.25, 0.3) is 0 Å². The minimum Gasteiger partial charge on any atom is -0.340 e. The molecule has 27 heavy (non-hydrogen) atoms. The normalized spacial score (nSPS) is 12.6. The van der Waals surface area contributed by atoms with E-state index >= 15 is 0 Å². The van der Waals surface area contributed by atoms with E-state index in [-0.39, 0.29) is 10.8 Å². The Morgan fingerprint density at radius 2 is 1.78 bits per heavy atom. The van der Waals surface area contributed by atoms with Crippen LogP contribution in [0.3, 0.4) is 0 Å². The molecule has 0 aliphatic heterocycles. The summed E-state index contributed by atoms with van der Waals surface area (Å²) in [5.41, 5.74) is 0.810. The van der Waals surface area contributed by atoms with E-state index in [0.29, 0.717) is 23.7 Å². The van der Waals surface area contributed by atoms with Gasteiger partial charge in [-0.2, -0.15) is 16.5 Å². The lowest BCUT2D eigenvalue weighted by molar-refractivity contribution is -0.132. The lowest BCUT2D eigenvalue weighted by Crippen LogP contribution is -2.47. The molecule has 0 bridgehead atoms. The first kappa shape index (κ1) is 21.8. The molecule has 0 saturated carbocycles. The van der Waals surface area contributed by atoms with Crippen molar-refractivity contribution in [1.82, 2.24) is 9.62 Å². The van der Waals surface area contributed by atoms with Crippen molar-refractivity contribution in [1.29, 1.82) is 0 Å². The number of carbonyl (C=O) groups is 1. The molecule has 5 nitrogen and oxygen atoms in total. The van der Waals surface area contributed by atoms with E-state index in [1.165, 1.54) is 17.0 Å². The van der Waals surface area contributed by atoms with Crippen molar-refractivity contribution in [3.63, 3.8) is 0 Å². The number of likely N-dealkylation sites (N-methyl/N-ethyl adjacent to an activating group) is 1. The maximum atomic E-state index is 12.9. The quantitative estimate of drug-likeness (QED) is 0.667. The van der Waals surface area contributed by atoms with Gasteiger partial charge in [-0.3, -0.25) is 4.79 Å². The van der Waals surface area contributed by atoms with E-state index in [0.717, 1.165) is 5.56 Å². The van der Waals surface area contributed by atoms with Crippen LogP contribution in [0, 0.1) is 0 Å². The minimum absolute atomic E-state index is 0.140. The number of benzene rings is 2. The largest absolute Gasteiger partial charge is 0.340 e. The lowest BCUT2D eigenvalue weighted by atomic mass is 10.1. The summed E-state index contributed by atoms with van der Waals surface area (Å²) >= 11 is 7.73. The van der Waals surface area contributed by atoms with Crippen molar-refractivity contribution in [2.75, 3.05) is 19.1 Å². The maximum absolute atomic E-state index is 12.9. The first-order valence-electron chi connectivity index (χ1n) is 8.40. The van der Waals surface area contributed by atoms with Crippen LogP contribution < -0.4 is 4.72 Å². The van der Waals surface area contributed by atoms with E-state index in [1.54, 1.807) is 43.1 Å². The standard InChI is InChI=1S/C19H23ClN2O3S2/c1-22(14-15-8-6-7-11-17(15)20)19(23)18(12-13-26-2)21-27(24,25)16-9-4-3-5-10-16/h3-11,18,21H,12-14H2,1-2H3. The van der Waals surface area contributed by atoms with E-state index in [1.807, 2.05) is 24.5 Å². The predicted octanol–water partition coefficient (Wildman–Crippen LogP) is 3.40. The average molecular weight is 427 g/mol. The van der Waals surface area contributed by atoms with Crippen LogP contribution in [0.5, 0.6) is 0 Å². The van der Waals surface area contributed by atoms with E-state index in [2.05, 4.69) is 4.72 Å². The highest BCUT2D eigenvalue weighted by Gasteiger charge is 2.27. The fraction of sp³-hybridized carbons (Fsp3) is 0.316. The van der Waals surface area contributed by atoms with Crippen LogP contribution in [0.4, 0.5) is 0 Å². The molecule has 2 aromatic carbocycles. The van der Waals surface area contributed by atoms with Crippen molar-refractivity contribution in [2.24, 2.45) is 0 Å². The molecule has 0 fully saturated rings. The van der Waals surface area contributed by atoms with Crippen LogP contribution in [-0.2, 0) is 21.4 Å². The summed E-state index contributed by atoms with van der Waals surface area (Å²) in [6, 6.07) is 14.5. The highest BCUT2D eigenvalue weighted by atomic mass is 35.5. The molecular weight excluding hydrogens is 404 g/mol. The number of amides is 1. The molecule has 1 N–H and O–H groups in total. The molecule has 0 aliphatic rings. The number of halogens is 1. The SMILES string of the molecule is CSCCC(NS(=O)(=O)c1ccccc1)C(=O)N(C)Cc1ccccc1Cl. The molecule has 0 radical (unpaired) electrons. The molecule has 0 aromatic heterocycles. The fourth-order valence-corrected chi connectivity index (χ4v) is 4.46. The number of rotatable bonds is 9. The van der Waals surface area contributed by atoms with Gasteiger partial charge >= 0.3 is 0 Å². The molecule has 2 aromatic rings. The Balaban J connectivity index is 2.17. The first-order valence-corrected chi connectivity index (χ1v) is 11.7. The van der Waals surface area contributed by atoms with Gasteiger partial charge in [0.15, 0.2) is 0 Å². The molecule has 0 heterocycles. The van der Waals surface area contributed by atoms with Crippen LogP contribution in [-0.4, -0.2) is 44.3 Å². The third-order valence-corrected chi connectivity index (χ3v) is 6.50. The first-order chi connectivity index (χ1) is 12.8. The second-order valence-electron chi connectivity index (χ2n) is 6.05. The van der Waals surface area contributed by atoms with E-state index < -0.39 is 16.1 Å². The third kappa shape index (κ3) is 6.24. The summed E-state index contributed by atoms with van der Waals surface area (Å²) in [5.74, 6) is 0.372. The van der Waals surface area contributed by atoms with Crippen LogP contribution in [0.2, 0.25) is 5.02 Å². The summed E-state index contributed by atoms with van der Waals surface area (Å²) < 4.78 is 27.8. The second kappa shape index (κ2) is 10.1. The zero-order chi connectivity index (χ0) is 19.9. The summed E-state index contributed by atoms with van der Waals surface area (Å²) in [6.45, 7) is 0.307. The number of hydrogen-bond acceptors (Lipinski definition) is 4. The Morgan fingerprint density at radius 3 is 2.41 bits per heavy atom. The highest BCUT2D eigenvalue weighted by Crippen LogP contribution is 2.18. The van der Waals surface area contributed by atoms with Gasteiger partial charge < -0.3 is 4.90 Å². The lowest BCUT2D eigenvalue weighted by Gasteiger charge is -2.25. The zero-order valence-corrected chi connectivity index (χ0v) is 17.7. The Kier molecular flexibility index (Phi) is 8.16.